The molecule has 0 saturated carbocycles. The normalized spacial score (nSPS) is 10.9. The van der Waals surface area contributed by atoms with Gasteiger partial charge in [0.2, 0.25) is 0 Å². The summed E-state index contributed by atoms with van der Waals surface area (Å²) >= 11 is 0. The third-order valence-corrected chi connectivity index (χ3v) is 2.97. The summed E-state index contributed by atoms with van der Waals surface area (Å²) in [5.74, 6) is 0. The van der Waals surface area contributed by atoms with Gasteiger partial charge in [0.05, 0.1) is 0 Å². The van der Waals surface area contributed by atoms with E-state index in [1.165, 1.54) is 70.9 Å². The molecule has 0 unspecified atom stereocenters. The molecule has 0 bridgehead atoms. The van der Waals surface area contributed by atoms with Gasteiger partial charge in [0.15, 0.2) is 0 Å². The number of nitrogens with one attached hydrogen (secondary N) is 1. The van der Waals surface area contributed by atoms with Gasteiger partial charge in [-0.25, -0.2) is 0 Å². The Morgan fingerprint density at radius 1 is 0.688 bits per heavy atom. The quantitative estimate of drug-likeness (QED) is 0.474. The van der Waals surface area contributed by atoms with Crippen LogP contribution in [0, 0.1) is 0 Å². The topological polar surface area (TPSA) is 32.3 Å². The lowest BCUT2D eigenvalue weighted by Crippen LogP contribution is -2.16. The van der Waals surface area contributed by atoms with E-state index in [0.29, 0.717) is 6.61 Å². The van der Waals surface area contributed by atoms with E-state index in [4.69, 9.17) is 5.11 Å². The summed E-state index contributed by atoms with van der Waals surface area (Å²) in [4.78, 5) is 0. The first-order chi connectivity index (χ1) is 7.91. The Morgan fingerprint density at radius 2 is 1.19 bits per heavy atom. The SMILES string of the molecule is CCCCCCNCCCCCCCCO. The molecule has 0 aromatic heterocycles. The van der Waals surface area contributed by atoms with E-state index in [0.717, 1.165) is 6.42 Å². The van der Waals surface area contributed by atoms with E-state index < -0.39 is 0 Å². The van der Waals surface area contributed by atoms with Gasteiger partial charge in [-0.1, -0.05) is 51.9 Å². The van der Waals surface area contributed by atoms with Gasteiger partial charge < -0.3 is 10.4 Å². The maximum Gasteiger partial charge on any atom is 0.0431 e. The zero-order valence-electron chi connectivity index (χ0n) is 11.1. The van der Waals surface area contributed by atoms with Crippen molar-refractivity contribution in [3.8, 4) is 0 Å². The molecule has 0 fully saturated rings. The average Bonchev–Trinajstić information content (AvgIpc) is 2.31. The van der Waals surface area contributed by atoms with E-state index in [2.05, 4.69) is 12.2 Å². The average molecular weight is 229 g/mol. The van der Waals surface area contributed by atoms with Crippen LogP contribution in [0.25, 0.3) is 0 Å². The third kappa shape index (κ3) is 13.9. The van der Waals surface area contributed by atoms with Crippen LogP contribution in [0.2, 0.25) is 0 Å². The first kappa shape index (κ1) is 15.9. The lowest BCUT2D eigenvalue weighted by Gasteiger charge is -2.04. The molecular formula is C14H31NO. The van der Waals surface area contributed by atoms with E-state index in [-0.39, 0.29) is 0 Å². The minimum absolute atomic E-state index is 0.360. The van der Waals surface area contributed by atoms with E-state index >= 15 is 0 Å². The fourth-order valence-electron chi connectivity index (χ4n) is 1.87. The van der Waals surface area contributed by atoms with Crippen molar-refractivity contribution in [2.24, 2.45) is 0 Å². The molecule has 0 aliphatic heterocycles. The van der Waals surface area contributed by atoms with Crippen LogP contribution in [0.1, 0.15) is 71.1 Å². The highest BCUT2D eigenvalue weighted by Crippen LogP contribution is 2.04. The molecule has 2 heteroatoms. The predicted octanol–water partition coefficient (Wildman–Crippen LogP) is 3.49. The van der Waals surface area contributed by atoms with Crippen LogP contribution in [-0.4, -0.2) is 24.8 Å². The number of hydrogen-bond donors (Lipinski definition) is 2. The second kappa shape index (κ2) is 14.9. The summed E-state index contributed by atoms with van der Waals surface area (Å²) in [6.07, 6.45) is 12.9. The van der Waals surface area contributed by atoms with Crippen molar-refractivity contribution in [1.82, 2.24) is 5.32 Å². The van der Waals surface area contributed by atoms with E-state index in [1.807, 2.05) is 0 Å². The molecule has 0 atom stereocenters. The molecule has 2 nitrogen and oxygen atoms in total. The Hall–Kier alpha value is -0.0800. The molecule has 0 aliphatic rings. The first-order valence-electron chi connectivity index (χ1n) is 7.23. The van der Waals surface area contributed by atoms with Crippen molar-refractivity contribution < 1.29 is 5.11 Å². The lowest BCUT2D eigenvalue weighted by atomic mass is 10.1. The van der Waals surface area contributed by atoms with Crippen molar-refractivity contribution in [3.63, 3.8) is 0 Å². The van der Waals surface area contributed by atoms with Gasteiger partial charge in [0.1, 0.15) is 0 Å². The molecule has 0 radical (unpaired) electrons. The van der Waals surface area contributed by atoms with Gasteiger partial charge in [-0.15, -0.1) is 0 Å². The van der Waals surface area contributed by atoms with Gasteiger partial charge in [0, 0.05) is 6.61 Å². The van der Waals surface area contributed by atoms with Crippen LogP contribution in [0.15, 0.2) is 0 Å². The second-order valence-electron chi connectivity index (χ2n) is 4.66. The predicted molar refractivity (Wildman–Crippen MR) is 71.8 cm³/mol. The van der Waals surface area contributed by atoms with Crippen LogP contribution in [-0.2, 0) is 0 Å². The molecule has 98 valence electrons. The van der Waals surface area contributed by atoms with E-state index in [9.17, 15) is 0 Å². The zero-order chi connectivity index (χ0) is 11.9. The number of aliphatic hydroxyl groups is 1. The molecular weight excluding hydrogens is 198 g/mol. The van der Waals surface area contributed by atoms with Crippen molar-refractivity contribution in [1.29, 1.82) is 0 Å². The monoisotopic (exact) mass is 229 g/mol. The molecule has 0 aliphatic carbocycles. The maximum atomic E-state index is 8.62. The summed E-state index contributed by atoms with van der Waals surface area (Å²) in [7, 11) is 0. The van der Waals surface area contributed by atoms with Crippen LogP contribution in [0.3, 0.4) is 0 Å². The fraction of sp³-hybridized carbons (Fsp3) is 1.00. The standard InChI is InChI=1S/C14H31NO/c1-2-3-4-9-12-15-13-10-7-5-6-8-11-14-16/h15-16H,2-14H2,1H3. The largest absolute Gasteiger partial charge is 0.396 e. The lowest BCUT2D eigenvalue weighted by molar-refractivity contribution is 0.282. The molecule has 0 amide bonds. The minimum Gasteiger partial charge on any atom is -0.396 e. The van der Waals surface area contributed by atoms with Crippen molar-refractivity contribution in [2.75, 3.05) is 19.7 Å². The fourth-order valence-corrected chi connectivity index (χ4v) is 1.87. The summed E-state index contributed by atoms with van der Waals surface area (Å²) in [5.41, 5.74) is 0. The molecule has 16 heavy (non-hydrogen) atoms. The van der Waals surface area contributed by atoms with Crippen LogP contribution in [0.5, 0.6) is 0 Å². The smallest absolute Gasteiger partial charge is 0.0431 e. The molecule has 0 aromatic rings. The van der Waals surface area contributed by atoms with Crippen LogP contribution in [0.4, 0.5) is 0 Å². The molecule has 0 spiro atoms. The maximum absolute atomic E-state index is 8.62. The van der Waals surface area contributed by atoms with Gasteiger partial charge in [-0.2, -0.15) is 0 Å². The summed E-state index contributed by atoms with van der Waals surface area (Å²) in [6.45, 7) is 5.00. The third-order valence-electron chi connectivity index (χ3n) is 2.97. The van der Waals surface area contributed by atoms with Crippen molar-refractivity contribution in [3.05, 3.63) is 0 Å². The molecule has 2 N–H and O–H groups in total. The summed E-state index contributed by atoms with van der Waals surface area (Å²) in [6, 6.07) is 0. The molecule has 0 heterocycles. The highest BCUT2D eigenvalue weighted by Gasteiger charge is 1.91. The van der Waals surface area contributed by atoms with E-state index in [1.54, 1.807) is 0 Å². The molecule has 0 saturated heterocycles. The second-order valence-corrected chi connectivity index (χ2v) is 4.66. The number of rotatable bonds is 13. The van der Waals surface area contributed by atoms with Crippen molar-refractivity contribution >= 4 is 0 Å². The number of unbranched alkanes of at least 4 members (excludes halogenated alkanes) is 8. The van der Waals surface area contributed by atoms with Gasteiger partial charge in [0.25, 0.3) is 0 Å². The Labute approximate surface area is 102 Å². The van der Waals surface area contributed by atoms with Crippen LogP contribution >= 0.6 is 0 Å². The molecule has 0 rings (SSSR count). The Balaban J connectivity index is 2.83. The van der Waals surface area contributed by atoms with Gasteiger partial charge >= 0.3 is 0 Å². The first-order valence-corrected chi connectivity index (χ1v) is 7.23. The summed E-state index contributed by atoms with van der Waals surface area (Å²) in [5, 5.41) is 12.1. The Bertz CT molecular complexity index is 103. The number of aliphatic hydroxyl groups excluding tert-OH is 1. The zero-order valence-corrected chi connectivity index (χ0v) is 11.1. The minimum atomic E-state index is 0.360. The highest BCUT2D eigenvalue weighted by molar-refractivity contribution is 4.50. The summed E-state index contributed by atoms with van der Waals surface area (Å²) < 4.78 is 0. The molecule has 0 aromatic carbocycles. The van der Waals surface area contributed by atoms with Crippen molar-refractivity contribution in [2.45, 2.75) is 71.1 Å². The number of hydrogen-bond acceptors (Lipinski definition) is 2. The van der Waals surface area contributed by atoms with Gasteiger partial charge in [-0.05, 0) is 32.4 Å². The van der Waals surface area contributed by atoms with Crippen LogP contribution < -0.4 is 5.32 Å². The Morgan fingerprint density at radius 3 is 1.75 bits per heavy atom. The Kier molecular flexibility index (Phi) is 14.8. The van der Waals surface area contributed by atoms with Gasteiger partial charge in [-0.3, -0.25) is 0 Å². The highest BCUT2D eigenvalue weighted by atomic mass is 16.2.